The highest BCUT2D eigenvalue weighted by Gasteiger charge is 2.13. The number of rotatable bonds is 7. The molecule has 1 unspecified atom stereocenters. The third kappa shape index (κ3) is 5.51. The van der Waals surface area contributed by atoms with Crippen LogP contribution in [0.15, 0.2) is 15.9 Å². The molecule has 0 saturated carbocycles. The van der Waals surface area contributed by atoms with E-state index in [0.29, 0.717) is 11.8 Å². The van der Waals surface area contributed by atoms with Crippen molar-refractivity contribution < 1.29 is 0 Å². The summed E-state index contributed by atoms with van der Waals surface area (Å²) in [4.78, 5) is 3.84. The lowest BCUT2D eigenvalue weighted by Crippen LogP contribution is -2.34. The third-order valence-corrected chi connectivity index (χ3v) is 4.91. The van der Waals surface area contributed by atoms with Crippen molar-refractivity contribution in [3.05, 3.63) is 20.8 Å². The van der Waals surface area contributed by atoms with Gasteiger partial charge < -0.3 is 10.6 Å². The molecule has 1 heterocycles. The third-order valence-electron chi connectivity index (χ3n) is 3.15. The van der Waals surface area contributed by atoms with E-state index in [1.165, 1.54) is 9.35 Å². The van der Waals surface area contributed by atoms with Crippen LogP contribution in [-0.4, -0.2) is 31.6 Å². The van der Waals surface area contributed by atoms with Crippen molar-refractivity contribution in [1.29, 1.82) is 0 Å². The molecular formula is C13H23BrN2S. The van der Waals surface area contributed by atoms with Crippen LogP contribution in [0.5, 0.6) is 0 Å². The molecule has 0 aliphatic carbocycles. The minimum Gasteiger partial charge on any atom is -0.330 e. The smallest absolute Gasteiger partial charge is 0.0285 e. The van der Waals surface area contributed by atoms with E-state index in [2.05, 4.69) is 53.2 Å². The van der Waals surface area contributed by atoms with Crippen LogP contribution < -0.4 is 5.73 Å². The summed E-state index contributed by atoms with van der Waals surface area (Å²) in [6.07, 6.45) is 1.13. The summed E-state index contributed by atoms with van der Waals surface area (Å²) >= 11 is 5.31. The Morgan fingerprint density at radius 2 is 2.18 bits per heavy atom. The van der Waals surface area contributed by atoms with Crippen molar-refractivity contribution in [1.82, 2.24) is 4.90 Å². The van der Waals surface area contributed by atoms with Gasteiger partial charge in [0.15, 0.2) is 0 Å². The van der Waals surface area contributed by atoms with E-state index in [0.717, 1.165) is 26.1 Å². The van der Waals surface area contributed by atoms with Crippen LogP contribution in [0.1, 0.15) is 18.7 Å². The van der Waals surface area contributed by atoms with Crippen LogP contribution in [0.4, 0.5) is 0 Å². The molecule has 0 bridgehead atoms. The van der Waals surface area contributed by atoms with E-state index in [1.54, 1.807) is 0 Å². The summed E-state index contributed by atoms with van der Waals surface area (Å²) in [7, 11) is 2.19. The van der Waals surface area contributed by atoms with Crippen molar-refractivity contribution in [2.45, 2.75) is 20.3 Å². The maximum absolute atomic E-state index is 5.80. The molecule has 1 atom stereocenters. The second-order valence-corrected chi connectivity index (χ2v) is 6.89. The minimum absolute atomic E-state index is 0.607. The van der Waals surface area contributed by atoms with Crippen LogP contribution in [-0.2, 0) is 6.42 Å². The zero-order valence-electron chi connectivity index (χ0n) is 10.9. The number of nitrogens with zero attached hydrogens (tertiary/aromatic N) is 1. The van der Waals surface area contributed by atoms with Crippen molar-refractivity contribution >= 4 is 27.3 Å². The molecule has 1 aromatic heterocycles. The molecule has 0 aromatic carbocycles. The maximum atomic E-state index is 5.80. The largest absolute Gasteiger partial charge is 0.330 e. The first kappa shape index (κ1) is 15.2. The monoisotopic (exact) mass is 318 g/mol. The Hall–Kier alpha value is 0.1000. The van der Waals surface area contributed by atoms with Gasteiger partial charge in [-0.05, 0) is 53.8 Å². The summed E-state index contributed by atoms with van der Waals surface area (Å²) < 4.78 is 1.20. The van der Waals surface area contributed by atoms with Gasteiger partial charge in [0.2, 0.25) is 0 Å². The average Bonchev–Trinajstić information content (AvgIpc) is 2.68. The second kappa shape index (κ2) is 7.52. The van der Waals surface area contributed by atoms with Crippen LogP contribution >= 0.6 is 27.3 Å². The number of thiophene rings is 1. The van der Waals surface area contributed by atoms with Crippen LogP contribution in [0, 0.1) is 11.8 Å². The summed E-state index contributed by atoms with van der Waals surface area (Å²) in [6, 6.07) is 2.21. The molecule has 2 N–H and O–H groups in total. The molecule has 0 radical (unpaired) electrons. The van der Waals surface area contributed by atoms with Gasteiger partial charge in [-0.3, -0.25) is 0 Å². The van der Waals surface area contributed by atoms with Gasteiger partial charge in [0.1, 0.15) is 0 Å². The van der Waals surface area contributed by atoms with Gasteiger partial charge in [-0.25, -0.2) is 0 Å². The van der Waals surface area contributed by atoms with E-state index in [-0.39, 0.29) is 0 Å². The lowest BCUT2D eigenvalue weighted by molar-refractivity contribution is 0.243. The quantitative estimate of drug-likeness (QED) is 0.836. The van der Waals surface area contributed by atoms with Gasteiger partial charge in [0.25, 0.3) is 0 Å². The molecule has 0 spiro atoms. The molecular weight excluding hydrogens is 296 g/mol. The summed E-state index contributed by atoms with van der Waals surface area (Å²) in [5.41, 5.74) is 5.80. The predicted molar refractivity (Wildman–Crippen MR) is 80.6 cm³/mol. The Morgan fingerprint density at radius 3 is 2.65 bits per heavy atom. The number of hydrogen-bond donors (Lipinski definition) is 1. The average molecular weight is 319 g/mol. The van der Waals surface area contributed by atoms with E-state index in [4.69, 9.17) is 5.73 Å². The van der Waals surface area contributed by atoms with Crippen LogP contribution in [0.2, 0.25) is 0 Å². The van der Waals surface area contributed by atoms with Gasteiger partial charge in [-0.1, -0.05) is 13.8 Å². The first-order valence-electron chi connectivity index (χ1n) is 6.14. The number of likely N-dealkylation sites (N-methyl/N-ethyl adjacent to an activating group) is 1. The SMILES string of the molecule is CC(C)C(CN)CN(C)CCc1cc(Br)cs1. The fourth-order valence-corrected chi connectivity index (χ4v) is 3.28. The van der Waals surface area contributed by atoms with Crippen molar-refractivity contribution in [3.63, 3.8) is 0 Å². The normalized spacial score (nSPS) is 13.6. The molecule has 2 nitrogen and oxygen atoms in total. The molecule has 1 rings (SSSR count). The molecule has 0 amide bonds. The lowest BCUT2D eigenvalue weighted by Gasteiger charge is -2.25. The van der Waals surface area contributed by atoms with E-state index >= 15 is 0 Å². The minimum atomic E-state index is 0.607. The first-order valence-corrected chi connectivity index (χ1v) is 7.81. The topological polar surface area (TPSA) is 29.3 Å². The van der Waals surface area contributed by atoms with E-state index in [1.807, 2.05) is 11.3 Å². The highest BCUT2D eigenvalue weighted by Crippen LogP contribution is 2.20. The first-order chi connectivity index (χ1) is 8.02. The fourth-order valence-electron chi connectivity index (χ4n) is 1.84. The van der Waals surface area contributed by atoms with Crippen LogP contribution in [0.3, 0.4) is 0 Å². The van der Waals surface area contributed by atoms with Crippen molar-refractivity contribution in [2.75, 3.05) is 26.7 Å². The standard InChI is InChI=1S/C13H23BrN2S/c1-10(2)11(7-15)8-16(3)5-4-13-6-12(14)9-17-13/h6,9-11H,4-5,7-8,15H2,1-3H3. The fraction of sp³-hybridized carbons (Fsp3) is 0.692. The van der Waals surface area contributed by atoms with Crippen LogP contribution in [0.25, 0.3) is 0 Å². The molecule has 0 fully saturated rings. The highest BCUT2D eigenvalue weighted by atomic mass is 79.9. The van der Waals surface area contributed by atoms with Crippen molar-refractivity contribution in [3.8, 4) is 0 Å². The number of halogens is 1. The molecule has 0 saturated heterocycles. The number of hydrogen-bond acceptors (Lipinski definition) is 3. The summed E-state index contributed by atoms with van der Waals surface area (Å²) in [6.45, 7) is 7.49. The Balaban J connectivity index is 2.31. The predicted octanol–water partition coefficient (Wildman–Crippen LogP) is 3.22. The Labute approximate surface area is 117 Å². The maximum Gasteiger partial charge on any atom is 0.0285 e. The van der Waals surface area contributed by atoms with Gasteiger partial charge in [-0.2, -0.15) is 0 Å². The van der Waals surface area contributed by atoms with Gasteiger partial charge in [0.05, 0.1) is 0 Å². The lowest BCUT2D eigenvalue weighted by atomic mass is 9.95. The van der Waals surface area contributed by atoms with E-state index in [9.17, 15) is 0 Å². The van der Waals surface area contributed by atoms with Gasteiger partial charge in [0, 0.05) is 27.8 Å². The Bertz CT molecular complexity index is 325. The van der Waals surface area contributed by atoms with E-state index < -0.39 is 0 Å². The summed E-state index contributed by atoms with van der Waals surface area (Å²) in [5, 5.41) is 2.14. The summed E-state index contributed by atoms with van der Waals surface area (Å²) in [5.74, 6) is 1.27. The molecule has 17 heavy (non-hydrogen) atoms. The second-order valence-electron chi connectivity index (χ2n) is 4.98. The number of nitrogens with two attached hydrogens (primary N) is 1. The van der Waals surface area contributed by atoms with Gasteiger partial charge >= 0.3 is 0 Å². The Kier molecular flexibility index (Phi) is 6.70. The van der Waals surface area contributed by atoms with Gasteiger partial charge in [-0.15, -0.1) is 11.3 Å². The molecule has 4 heteroatoms. The molecule has 1 aromatic rings. The van der Waals surface area contributed by atoms with Crippen molar-refractivity contribution in [2.24, 2.45) is 17.6 Å². The molecule has 0 aliphatic heterocycles. The Morgan fingerprint density at radius 1 is 1.47 bits per heavy atom. The highest BCUT2D eigenvalue weighted by molar-refractivity contribution is 9.10. The zero-order valence-corrected chi connectivity index (χ0v) is 13.4. The molecule has 98 valence electrons. The zero-order chi connectivity index (χ0) is 12.8. The molecule has 0 aliphatic rings.